The van der Waals surface area contributed by atoms with Gasteiger partial charge in [-0.15, -0.1) is 0 Å². The Morgan fingerprint density at radius 3 is 2.33 bits per heavy atom. The summed E-state index contributed by atoms with van der Waals surface area (Å²) in [6.07, 6.45) is 1.06. The number of para-hydroxylation sites is 2. The fourth-order valence-electron chi connectivity index (χ4n) is 4.63. The predicted molar refractivity (Wildman–Crippen MR) is 135 cm³/mol. The summed E-state index contributed by atoms with van der Waals surface area (Å²) < 4.78 is 17.5. The summed E-state index contributed by atoms with van der Waals surface area (Å²) in [7, 11) is 0. The molecule has 0 N–H and O–H groups in total. The molecule has 1 aromatic heterocycles. The molecule has 1 aliphatic heterocycles. The first-order chi connectivity index (χ1) is 16.2. The zero-order chi connectivity index (χ0) is 22.6. The normalized spacial score (nSPS) is 15.7. The Balaban J connectivity index is 1.31. The summed E-state index contributed by atoms with van der Waals surface area (Å²) in [5.41, 5.74) is 4.26. The Morgan fingerprint density at radius 1 is 0.788 bits per heavy atom. The van der Waals surface area contributed by atoms with E-state index in [9.17, 15) is 4.39 Å². The number of fused-ring (bicyclic) bond motifs is 1. The smallest absolute Gasteiger partial charge is 0.127 e. The molecule has 2 heterocycles. The van der Waals surface area contributed by atoms with Crippen LogP contribution in [0.5, 0.6) is 0 Å². The number of halogens is 2. The number of hydrogen-bond donors (Lipinski definition) is 0. The fraction of sp³-hybridized carbons (Fsp3) is 0.296. The molecule has 1 aliphatic rings. The van der Waals surface area contributed by atoms with Crippen LogP contribution in [0.2, 0.25) is 0 Å². The van der Waals surface area contributed by atoms with Crippen molar-refractivity contribution in [3.8, 4) is 0 Å². The topological polar surface area (TPSA) is 24.3 Å². The van der Waals surface area contributed by atoms with Crippen molar-refractivity contribution in [2.24, 2.45) is 0 Å². The Morgan fingerprint density at radius 2 is 1.52 bits per heavy atom. The Labute approximate surface area is 202 Å². The van der Waals surface area contributed by atoms with Crippen LogP contribution in [0.15, 0.2) is 77.3 Å². The van der Waals surface area contributed by atoms with E-state index in [0.717, 1.165) is 67.1 Å². The average molecular weight is 507 g/mol. The maximum Gasteiger partial charge on any atom is 0.127 e. The third-order valence-corrected chi connectivity index (χ3v) is 6.86. The van der Waals surface area contributed by atoms with Gasteiger partial charge >= 0.3 is 0 Å². The molecule has 0 amide bonds. The van der Waals surface area contributed by atoms with Gasteiger partial charge in [-0.25, -0.2) is 9.37 Å². The summed E-state index contributed by atoms with van der Waals surface area (Å²) in [6.45, 7) is 6.15. The summed E-state index contributed by atoms with van der Waals surface area (Å²) in [5, 5.41) is 0. The third-order valence-electron chi connectivity index (χ3n) is 6.37. The first kappa shape index (κ1) is 22.3. The highest BCUT2D eigenvalue weighted by Gasteiger charge is 2.19. The van der Waals surface area contributed by atoms with Crippen LogP contribution in [0.4, 0.5) is 4.39 Å². The second-order valence-electron chi connectivity index (χ2n) is 8.73. The van der Waals surface area contributed by atoms with Gasteiger partial charge in [-0.1, -0.05) is 58.4 Å². The highest BCUT2D eigenvalue weighted by molar-refractivity contribution is 9.10. The Bertz CT molecular complexity index is 1220. The van der Waals surface area contributed by atoms with Crippen LogP contribution in [-0.4, -0.2) is 45.5 Å². The lowest BCUT2D eigenvalue weighted by molar-refractivity contribution is 0.240. The van der Waals surface area contributed by atoms with Crippen molar-refractivity contribution >= 4 is 27.0 Å². The van der Waals surface area contributed by atoms with Gasteiger partial charge in [-0.2, -0.15) is 0 Å². The second-order valence-corrected chi connectivity index (χ2v) is 9.65. The number of aromatic nitrogens is 2. The molecule has 1 fully saturated rings. The van der Waals surface area contributed by atoms with Crippen LogP contribution in [0.3, 0.4) is 0 Å². The largest absolute Gasteiger partial charge is 0.322 e. The van der Waals surface area contributed by atoms with Crippen LogP contribution < -0.4 is 0 Å². The Hall–Kier alpha value is -2.54. The highest BCUT2D eigenvalue weighted by Crippen LogP contribution is 2.21. The zero-order valence-electron chi connectivity index (χ0n) is 18.6. The maximum atomic E-state index is 14.2. The van der Waals surface area contributed by atoms with E-state index in [0.29, 0.717) is 6.54 Å². The van der Waals surface area contributed by atoms with Gasteiger partial charge in [-0.3, -0.25) is 9.80 Å². The molecule has 0 bridgehead atoms. The predicted octanol–water partition coefficient (Wildman–Crippen LogP) is 5.69. The summed E-state index contributed by atoms with van der Waals surface area (Å²) in [5.74, 6) is 0.973. The van der Waals surface area contributed by atoms with Gasteiger partial charge in [0.1, 0.15) is 11.6 Å². The molecule has 0 saturated carbocycles. The number of nitrogens with zero attached hydrogens (tertiary/aromatic N) is 4. The van der Waals surface area contributed by atoms with Gasteiger partial charge in [0.2, 0.25) is 0 Å². The van der Waals surface area contributed by atoms with E-state index < -0.39 is 0 Å². The molecule has 3 aromatic carbocycles. The molecule has 5 rings (SSSR count). The molecular weight excluding hydrogens is 479 g/mol. The minimum Gasteiger partial charge on any atom is -0.322 e. The molecule has 1 saturated heterocycles. The molecular formula is C27H28BrFN4. The molecule has 0 unspecified atom stereocenters. The minimum atomic E-state index is -0.131. The standard InChI is InChI=1S/C27H28BrFN4/c28-23-11-12-24(29)22(17-23)19-31-13-6-14-32(16-15-31)20-27-30-25-9-4-5-10-26(25)33(27)18-21-7-2-1-3-8-21/h1-5,7-12,17H,6,13-16,18-20H2. The average Bonchev–Trinajstić information content (AvgIpc) is 3.00. The third kappa shape index (κ3) is 5.35. The van der Waals surface area contributed by atoms with Gasteiger partial charge in [0.15, 0.2) is 0 Å². The SMILES string of the molecule is Fc1ccc(Br)cc1CN1CCCN(Cc2nc3ccccc3n2Cc2ccccc2)CC1. The Kier molecular flexibility index (Phi) is 6.85. The first-order valence-corrected chi connectivity index (χ1v) is 12.3. The van der Waals surface area contributed by atoms with Crippen LogP contribution in [0, 0.1) is 5.82 Å². The van der Waals surface area contributed by atoms with Crippen molar-refractivity contribution < 1.29 is 4.39 Å². The second kappa shape index (κ2) is 10.2. The molecule has 6 heteroatoms. The van der Waals surface area contributed by atoms with Crippen molar-refractivity contribution in [1.29, 1.82) is 0 Å². The molecule has 0 aliphatic carbocycles. The summed E-state index contributed by atoms with van der Waals surface area (Å²) in [6, 6.07) is 24.2. The van der Waals surface area contributed by atoms with Crippen molar-refractivity contribution in [3.63, 3.8) is 0 Å². The molecule has 33 heavy (non-hydrogen) atoms. The quantitative estimate of drug-likeness (QED) is 0.335. The van der Waals surface area contributed by atoms with Crippen molar-refractivity contribution in [3.05, 3.63) is 100 Å². The lowest BCUT2D eigenvalue weighted by atomic mass is 10.2. The van der Waals surface area contributed by atoms with Gasteiger partial charge in [0.25, 0.3) is 0 Å². The minimum absolute atomic E-state index is 0.131. The number of rotatable bonds is 6. The van der Waals surface area contributed by atoms with Crippen LogP contribution in [0.1, 0.15) is 23.4 Å². The maximum absolute atomic E-state index is 14.2. The molecule has 0 atom stereocenters. The molecule has 0 radical (unpaired) electrons. The number of imidazole rings is 1. The zero-order valence-corrected chi connectivity index (χ0v) is 20.2. The van der Waals surface area contributed by atoms with Crippen LogP contribution >= 0.6 is 15.9 Å². The summed E-state index contributed by atoms with van der Waals surface area (Å²) >= 11 is 3.47. The molecule has 4 nitrogen and oxygen atoms in total. The van der Waals surface area contributed by atoms with Crippen LogP contribution in [0.25, 0.3) is 11.0 Å². The van der Waals surface area contributed by atoms with E-state index in [1.807, 2.05) is 6.07 Å². The van der Waals surface area contributed by atoms with Crippen molar-refractivity contribution in [2.75, 3.05) is 26.2 Å². The van der Waals surface area contributed by atoms with Gasteiger partial charge in [0.05, 0.1) is 17.6 Å². The van der Waals surface area contributed by atoms with Crippen LogP contribution in [-0.2, 0) is 19.6 Å². The van der Waals surface area contributed by atoms with Gasteiger partial charge in [0, 0.05) is 36.2 Å². The highest BCUT2D eigenvalue weighted by atomic mass is 79.9. The molecule has 4 aromatic rings. The monoisotopic (exact) mass is 506 g/mol. The van der Waals surface area contributed by atoms with E-state index in [1.54, 1.807) is 12.1 Å². The van der Waals surface area contributed by atoms with Crippen molar-refractivity contribution in [2.45, 2.75) is 26.1 Å². The van der Waals surface area contributed by atoms with E-state index in [2.05, 4.69) is 84.9 Å². The summed E-state index contributed by atoms with van der Waals surface area (Å²) in [4.78, 5) is 9.84. The number of benzene rings is 3. The first-order valence-electron chi connectivity index (χ1n) is 11.5. The van der Waals surface area contributed by atoms with E-state index >= 15 is 0 Å². The number of hydrogen-bond acceptors (Lipinski definition) is 3. The lowest BCUT2D eigenvalue weighted by Crippen LogP contribution is -2.31. The molecule has 170 valence electrons. The van der Waals surface area contributed by atoms with E-state index in [1.165, 1.54) is 11.1 Å². The van der Waals surface area contributed by atoms with Gasteiger partial charge in [-0.05, 0) is 55.4 Å². The fourth-order valence-corrected chi connectivity index (χ4v) is 5.04. The lowest BCUT2D eigenvalue weighted by Gasteiger charge is -2.22. The molecule has 0 spiro atoms. The van der Waals surface area contributed by atoms with Crippen molar-refractivity contribution in [1.82, 2.24) is 19.4 Å². The van der Waals surface area contributed by atoms with E-state index in [-0.39, 0.29) is 5.82 Å². The van der Waals surface area contributed by atoms with E-state index in [4.69, 9.17) is 4.98 Å². The van der Waals surface area contributed by atoms with Gasteiger partial charge < -0.3 is 4.57 Å².